The van der Waals surface area contributed by atoms with Crippen LogP contribution in [0.4, 0.5) is 0 Å². The molecule has 2 atom stereocenters. The van der Waals surface area contributed by atoms with Gasteiger partial charge in [0.25, 0.3) is 0 Å². The van der Waals surface area contributed by atoms with E-state index in [1.807, 2.05) is 18.5 Å². The normalized spacial score (nSPS) is 25.3. The van der Waals surface area contributed by atoms with E-state index in [4.69, 9.17) is 0 Å². The van der Waals surface area contributed by atoms with E-state index in [-0.39, 0.29) is 0 Å². The molecule has 0 bridgehead atoms. The Labute approximate surface area is 150 Å². The Kier molecular flexibility index (Phi) is 5.37. The maximum atomic E-state index is 4.22. The molecule has 2 aliphatic heterocycles. The lowest BCUT2D eigenvalue weighted by Gasteiger charge is -2.36. The van der Waals surface area contributed by atoms with Crippen LogP contribution in [-0.4, -0.2) is 54.1 Å². The molecule has 3 heterocycles. The van der Waals surface area contributed by atoms with Crippen LogP contribution < -0.4 is 10.9 Å². The lowest BCUT2D eigenvalue weighted by Crippen LogP contribution is -2.48. The molecule has 4 rings (SSSR count). The molecule has 25 heavy (non-hydrogen) atoms. The van der Waals surface area contributed by atoms with Crippen LogP contribution in [0.15, 0.2) is 54.9 Å². The van der Waals surface area contributed by atoms with E-state index in [9.17, 15) is 0 Å². The van der Waals surface area contributed by atoms with Crippen molar-refractivity contribution < 1.29 is 0 Å². The largest absolute Gasteiger partial charge is 0.300 e. The summed E-state index contributed by atoms with van der Waals surface area (Å²) in [7, 11) is 0. The highest BCUT2D eigenvalue weighted by Gasteiger charge is 2.30. The van der Waals surface area contributed by atoms with Crippen LogP contribution in [0.25, 0.3) is 0 Å². The lowest BCUT2D eigenvalue weighted by molar-refractivity contribution is 0.112. The zero-order valence-electron chi connectivity index (χ0n) is 14.6. The number of pyridine rings is 1. The molecule has 0 spiro atoms. The third-order valence-electron chi connectivity index (χ3n) is 5.34. The summed E-state index contributed by atoms with van der Waals surface area (Å²) >= 11 is 0. The second-order valence-corrected chi connectivity index (χ2v) is 7.11. The average molecular weight is 337 g/mol. The summed E-state index contributed by atoms with van der Waals surface area (Å²) in [5.74, 6) is 0.618. The maximum Gasteiger partial charge on any atom is 0.0515 e. The van der Waals surface area contributed by atoms with Gasteiger partial charge >= 0.3 is 0 Å². The molecule has 2 saturated heterocycles. The molecule has 5 nitrogen and oxygen atoms in total. The summed E-state index contributed by atoms with van der Waals surface area (Å²) in [4.78, 5) is 9.37. The third kappa shape index (κ3) is 4.25. The van der Waals surface area contributed by atoms with Crippen molar-refractivity contribution in [2.75, 3.05) is 39.3 Å². The molecule has 2 N–H and O–H groups in total. The van der Waals surface area contributed by atoms with E-state index in [0.717, 1.165) is 45.8 Å². The average Bonchev–Trinajstić information content (AvgIpc) is 3.13. The summed E-state index contributed by atoms with van der Waals surface area (Å²) in [6.07, 6.45) is 3.82. The van der Waals surface area contributed by atoms with E-state index in [0.29, 0.717) is 12.0 Å². The fraction of sp³-hybridized carbons (Fsp3) is 0.450. The first-order valence-corrected chi connectivity index (χ1v) is 9.25. The van der Waals surface area contributed by atoms with Crippen LogP contribution in [0.5, 0.6) is 0 Å². The summed E-state index contributed by atoms with van der Waals surface area (Å²) in [5, 5.41) is 0. The minimum absolute atomic E-state index is 0.412. The zero-order chi connectivity index (χ0) is 16.9. The summed E-state index contributed by atoms with van der Waals surface area (Å²) in [5.41, 5.74) is 9.51. The van der Waals surface area contributed by atoms with Crippen LogP contribution >= 0.6 is 0 Å². The van der Waals surface area contributed by atoms with Gasteiger partial charge in [0.1, 0.15) is 0 Å². The van der Waals surface area contributed by atoms with Gasteiger partial charge in [-0.15, -0.1) is 0 Å². The molecule has 132 valence electrons. The highest BCUT2D eigenvalue weighted by Crippen LogP contribution is 2.25. The molecule has 0 aliphatic carbocycles. The Hall–Kier alpha value is -1.79. The Bertz CT molecular complexity index is 640. The Morgan fingerprint density at radius 3 is 2.52 bits per heavy atom. The smallest absolute Gasteiger partial charge is 0.0515 e. The number of benzene rings is 1. The second kappa shape index (κ2) is 8.06. The van der Waals surface area contributed by atoms with E-state index in [1.165, 1.54) is 11.1 Å². The maximum absolute atomic E-state index is 4.22. The van der Waals surface area contributed by atoms with Crippen LogP contribution in [-0.2, 0) is 6.54 Å². The molecular formula is C20H27N5. The van der Waals surface area contributed by atoms with Crippen LogP contribution in [0.1, 0.15) is 17.2 Å². The van der Waals surface area contributed by atoms with Crippen LogP contribution in [0.3, 0.4) is 0 Å². The van der Waals surface area contributed by atoms with Crippen LogP contribution in [0.2, 0.25) is 0 Å². The predicted molar refractivity (Wildman–Crippen MR) is 99.8 cm³/mol. The monoisotopic (exact) mass is 337 g/mol. The molecule has 2 unspecified atom stereocenters. The lowest BCUT2D eigenvalue weighted by atomic mass is 9.94. The Balaban J connectivity index is 1.28. The number of hydrogen-bond acceptors (Lipinski definition) is 5. The molecule has 2 aliphatic rings. The van der Waals surface area contributed by atoms with Crippen LogP contribution in [0, 0.1) is 5.92 Å². The number of nitrogens with one attached hydrogen (secondary N) is 2. The first-order chi connectivity index (χ1) is 12.4. The molecule has 5 heteroatoms. The fourth-order valence-electron chi connectivity index (χ4n) is 3.93. The number of rotatable bonds is 5. The SMILES string of the molecule is c1ccc(C2NNCC2CN2CCN(Cc3cccnc3)CC2)cc1. The molecule has 0 saturated carbocycles. The van der Waals surface area contributed by atoms with Crippen molar-refractivity contribution in [3.05, 3.63) is 66.0 Å². The highest BCUT2D eigenvalue weighted by molar-refractivity contribution is 5.20. The second-order valence-electron chi connectivity index (χ2n) is 7.11. The van der Waals surface area contributed by atoms with Crippen molar-refractivity contribution in [3.63, 3.8) is 0 Å². The molecule has 0 radical (unpaired) electrons. The van der Waals surface area contributed by atoms with Crippen molar-refractivity contribution in [1.29, 1.82) is 0 Å². The van der Waals surface area contributed by atoms with Crippen molar-refractivity contribution in [2.24, 2.45) is 5.92 Å². The van der Waals surface area contributed by atoms with E-state index < -0.39 is 0 Å². The molecule has 1 aromatic carbocycles. The van der Waals surface area contributed by atoms with Gasteiger partial charge in [0.15, 0.2) is 0 Å². The number of hydrazine groups is 1. The Morgan fingerprint density at radius 1 is 0.960 bits per heavy atom. The minimum atomic E-state index is 0.412. The molecule has 1 aromatic heterocycles. The van der Waals surface area contributed by atoms with Gasteiger partial charge in [-0.25, -0.2) is 5.43 Å². The third-order valence-corrected chi connectivity index (χ3v) is 5.34. The highest BCUT2D eigenvalue weighted by atomic mass is 15.4. The molecule has 0 amide bonds. The van der Waals surface area contributed by atoms with Gasteiger partial charge in [-0.3, -0.25) is 15.3 Å². The zero-order valence-corrected chi connectivity index (χ0v) is 14.6. The van der Waals surface area contributed by atoms with Gasteiger partial charge in [-0.1, -0.05) is 36.4 Å². The number of aromatic nitrogens is 1. The van der Waals surface area contributed by atoms with Gasteiger partial charge in [0.2, 0.25) is 0 Å². The standard InChI is InChI=1S/C20H27N5/c1-2-6-18(7-3-1)20-19(14-22-23-20)16-25-11-9-24(10-12-25)15-17-5-4-8-21-13-17/h1-8,13,19-20,22-23H,9-12,14-16H2. The first kappa shape index (κ1) is 16.7. The summed E-state index contributed by atoms with van der Waals surface area (Å²) in [6.45, 7) is 7.78. The number of nitrogens with zero attached hydrogens (tertiary/aromatic N) is 3. The summed E-state index contributed by atoms with van der Waals surface area (Å²) < 4.78 is 0. The minimum Gasteiger partial charge on any atom is -0.300 e. The first-order valence-electron chi connectivity index (χ1n) is 9.25. The molecule has 2 aromatic rings. The van der Waals surface area contributed by atoms with Gasteiger partial charge < -0.3 is 4.90 Å². The summed E-state index contributed by atoms with van der Waals surface area (Å²) in [6, 6.07) is 15.4. The van der Waals surface area contributed by atoms with Gasteiger partial charge in [0, 0.05) is 64.1 Å². The van der Waals surface area contributed by atoms with Gasteiger partial charge in [-0.05, 0) is 17.2 Å². The molecule has 2 fully saturated rings. The van der Waals surface area contributed by atoms with E-state index in [1.54, 1.807) is 0 Å². The van der Waals surface area contributed by atoms with Crippen molar-refractivity contribution in [2.45, 2.75) is 12.6 Å². The van der Waals surface area contributed by atoms with Gasteiger partial charge in [0.05, 0.1) is 6.04 Å². The number of hydrogen-bond donors (Lipinski definition) is 2. The van der Waals surface area contributed by atoms with Crippen molar-refractivity contribution in [1.82, 2.24) is 25.6 Å². The van der Waals surface area contributed by atoms with Crippen molar-refractivity contribution in [3.8, 4) is 0 Å². The van der Waals surface area contributed by atoms with Crippen molar-refractivity contribution >= 4 is 0 Å². The fourth-order valence-corrected chi connectivity index (χ4v) is 3.93. The van der Waals surface area contributed by atoms with Gasteiger partial charge in [-0.2, -0.15) is 0 Å². The van der Waals surface area contributed by atoms with E-state index in [2.05, 4.69) is 62.0 Å². The topological polar surface area (TPSA) is 43.4 Å². The van der Waals surface area contributed by atoms with E-state index >= 15 is 0 Å². The molecular weight excluding hydrogens is 310 g/mol. The number of piperazine rings is 1. The quantitative estimate of drug-likeness (QED) is 0.869. The predicted octanol–water partition coefficient (Wildman–Crippen LogP) is 1.66. The Morgan fingerprint density at radius 2 is 1.76 bits per heavy atom.